The lowest BCUT2D eigenvalue weighted by atomic mass is 10.1. The molecule has 94 valence electrons. The van der Waals surface area contributed by atoms with E-state index in [1.54, 1.807) is 0 Å². The van der Waals surface area contributed by atoms with Gasteiger partial charge in [-0.15, -0.1) is 0 Å². The van der Waals surface area contributed by atoms with Crippen molar-refractivity contribution in [3.05, 3.63) is 49.1 Å². The van der Waals surface area contributed by atoms with E-state index >= 15 is 0 Å². The molecule has 0 saturated heterocycles. The van der Waals surface area contributed by atoms with E-state index in [1.165, 1.54) is 0 Å². The molecule has 0 aliphatic rings. The Kier molecular flexibility index (Phi) is 4.39. The number of pyridine rings is 2. The van der Waals surface area contributed by atoms with E-state index in [0.29, 0.717) is 13.1 Å². The fraction of sp³-hybridized carbons (Fsp3) is 0.286. The van der Waals surface area contributed by atoms with Gasteiger partial charge in [0, 0.05) is 24.3 Å². The Balaban J connectivity index is 2.15. The topological polar surface area (TPSA) is 48.2 Å². The standard InChI is InChI=1S/C14H18N2O2/c17-11-9-15-5-1-13(2-6-15)14-3-7-16(8-4-14)10-12-18/h1-8,17-18H,9-12H2/q+2. The highest BCUT2D eigenvalue weighted by Gasteiger charge is 2.04. The third-order valence-electron chi connectivity index (χ3n) is 2.83. The van der Waals surface area contributed by atoms with Gasteiger partial charge in [0.2, 0.25) is 0 Å². The number of aliphatic hydroxyl groups excluding tert-OH is 2. The van der Waals surface area contributed by atoms with Crippen LogP contribution in [0.1, 0.15) is 0 Å². The highest BCUT2D eigenvalue weighted by Crippen LogP contribution is 2.15. The largest absolute Gasteiger partial charge is 0.390 e. The molecule has 0 unspecified atom stereocenters. The van der Waals surface area contributed by atoms with E-state index in [2.05, 4.69) is 0 Å². The van der Waals surface area contributed by atoms with Crippen LogP contribution in [0.5, 0.6) is 0 Å². The van der Waals surface area contributed by atoms with Gasteiger partial charge in [-0.25, -0.2) is 9.13 Å². The molecule has 2 rings (SSSR count). The second-order valence-electron chi connectivity index (χ2n) is 4.10. The predicted octanol–water partition coefficient (Wildman–Crippen LogP) is -0.0868. The number of hydrogen-bond donors (Lipinski definition) is 2. The molecule has 0 bridgehead atoms. The Labute approximate surface area is 106 Å². The van der Waals surface area contributed by atoms with Crippen LogP contribution in [0.15, 0.2) is 49.1 Å². The van der Waals surface area contributed by atoms with Gasteiger partial charge in [-0.3, -0.25) is 0 Å². The smallest absolute Gasteiger partial charge is 0.171 e. The number of rotatable bonds is 5. The van der Waals surface area contributed by atoms with Crippen molar-refractivity contribution < 1.29 is 19.3 Å². The van der Waals surface area contributed by atoms with Gasteiger partial charge in [0.25, 0.3) is 0 Å². The van der Waals surface area contributed by atoms with Crippen molar-refractivity contribution in [2.45, 2.75) is 13.1 Å². The number of nitrogens with zero attached hydrogens (tertiary/aromatic N) is 2. The molecule has 0 radical (unpaired) electrons. The minimum atomic E-state index is 0.149. The highest BCUT2D eigenvalue weighted by molar-refractivity contribution is 5.60. The van der Waals surface area contributed by atoms with Crippen LogP contribution in [-0.4, -0.2) is 23.4 Å². The van der Waals surface area contributed by atoms with Crippen molar-refractivity contribution in [1.29, 1.82) is 0 Å². The van der Waals surface area contributed by atoms with Crippen molar-refractivity contribution in [2.75, 3.05) is 13.2 Å². The number of aromatic nitrogens is 2. The molecule has 0 aromatic carbocycles. The Morgan fingerprint density at radius 2 is 1.00 bits per heavy atom. The molecule has 0 spiro atoms. The third kappa shape index (κ3) is 3.12. The molecule has 18 heavy (non-hydrogen) atoms. The number of aliphatic hydroxyl groups is 2. The molecule has 0 aliphatic heterocycles. The lowest BCUT2D eigenvalue weighted by molar-refractivity contribution is -0.698. The first-order valence-corrected chi connectivity index (χ1v) is 6.04. The summed E-state index contributed by atoms with van der Waals surface area (Å²) in [5, 5.41) is 17.7. The SMILES string of the molecule is OCC[n+]1ccc(-c2cc[n+](CCO)cc2)cc1. The van der Waals surface area contributed by atoms with Crippen LogP contribution in [-0.2, 0) is 13.1 Å². The molecular formula is C14H18N2O2+2. The molecule has 4 heteroatoms. The second-order valence-corrected chi connectivity index (χ2v) is 4.10. The average Bonchev–Trinajstić information content (AvgIpc) is 2.41. The predicted molar refractivity (Wildman–Crippen MR) is 66.4 cm³/mol. The van der Waals surface area contributed by atoms with E-state index in [9.17, 15) is 0 Å². The van der Waals surface area contributed by atoms with Crippen molar-refractivity contribution in [3.8, 4) is 11.1 Å². The maximum absolute atomic E-state index is 8.84. The van der Waals surface area contributed by atoms with Crippen LogP contribution >= 0.6 is 0 Å². The third-order valence-corrected chi connectivity index (χ3v) is 2.83. The fourth-order valence-corrected chi connectivity index (χ4v) is 1.83. The normalized spacial score (nSPS) is 10.6. The first-order valence-electron chi connectivity index (χ1n) is 6.04. The summed E-state index contributed by atoms with van der Waals surface area (Å²) < 4.78 is 3.89. The quantitative estimate of drug-likeness (QED) is 0.725. The summed E-state index contributed by atoms with van der Waals surface area (Å²) >= 11 is 0. The van der Waals surface area contributed by atoms with Crippen LogP contribution in [0, 0.1) is 0 Å². The summed E-state index contributed by atoms with van der Waals surface area (Å²) in [6.07, 6.45) is 7.83. The zero-order valence-electron chi connectivity index (χ0n) is 10.2. The molecule has 2 aromatic heterocycles. The van der Waals surface area contributed by atoms with Gasteiger partial charge in [0.05, 0.1) is 0 Å². The highest BCUT2D eigenvalue weighted by atomic mass is 16.3. The molecule has 0 amide bonds. The van der Waals surface area contributed by atoms with Gasteiger partial charge in [-0.2, -0.15) is 0 Å². The van der Waals surface area contributed by atoms with E-state index < -0.39 is 0 Å². The monoisotopic (exact) mass is 246 g/mol. The minimum absolute atomic E-state index is 0.149. The average molecular weight is 246 g/mol. The van der Waals surface area contributed by atoms with Crippen LogP contribution in [0.25, 0.3) is 11.1 Å². The first-order chi connectivity index (χ1) is 8.83. The summed E-state index contributed by atoms with van der Waals surface area (Å²) in [5.41, 5.74) is 2.28. The first kappa shape index (κ1) is 12.7. The van der Waals surface area contributed by atoms with Gasteiger partial charge in [0.1, 0.15) is 13.2 Å². The molecule has 0 atom stereocenters. The zero-order valence-corrected chi connectivity index (χ0v) is 10.2. The van der Waals surface area contributed by atoms with Gasteiger partial charge in [-0.1, -0.05) is 0 Å². The Morgan fingerprint density at radius 1 is 0.667 bits per heavy atom. The summed E-state index contributed by atoms with van der Waals surface area (Å²) in [6.45, 7) is 1.53. The van der Waals surface area contributed by atoms with Gasteiger partial charge < -0.3 is 10.2 Å². The number of hydrogen-bond acceptors (Lipinski definition) is 2. The van der Waals surface area contributed by atoms with Crippen LogP contribution in [0.4, 0.5) is 0 Å². The van der Waals surface area contributed by atoms with Gasteiger partial charge in [0.15, 0.2) is 37.9 Å². The Bertz CT molecular complexity index is 433. The molecular weight excluding hydrogens is 228 g/mol. The summed E-state index contributed by atoms with van der Waals surface area (Å²) in [4.78, 5) is 0. The van der Waals surface area contributed by atoms with E-state index in [0.717, 1.165) is 11.1 Å². The maximum atomic E-state index is 8.84. The van der Waals surface area contributed by atoms with Crippen molar-refractivity contribution in [1.82, 2.24) is 0 Å². The Morgan fingerprint density at radius 3 is 1.28 bits per heavy atom. The summed E-state index contributed by atoms with van der Waals surface area (Å²) in [7, 11) is 0. The Hall–Kier alpha value is -1.78. The molecule has 2 aromatic rings. The second kappa shape index (κ2) is 6.23. The molecule has 2 N–H and O–H groups in total. The van der Waals surface area contributed by atoms with Gasteiger partial charge in [-0.05, 0) is 11.1 Å². The molecule has 2 heterocycles. The lowest BCUT2D eigenvalue weighted by Gasteiger charge is -2.00. The van der Waals surface area contributed by atoms with Crippen LogP contribution < -0.4 is 9.13 Å². The zero-order chi connectivity index (χ0) is 12.8. The molecule has 0 saturated carbocycles. The molecule has 4 nitrogen and oxygen atoms in total. The lowest BCUT2D eigenvalue weighted by Crippen LogP contribution is -2.34. The molecule has 0 fully saturated rings. The summed E-state index contributed by atoms with van der Waals surface area (Å²) in [5.74, 6) is 0. The van der Waals surface area contributed by atoms with Gasteiger partial charge >= 0.3 is 0 Å². The molecule has 0 aliphatic carbocycles. The van der Waals surface area contributed by atoms with Crippen molar-refractivity contribution >= 4 is 0 Å². The fourth-order valence-electron chi connectivity index (χ4n) is 1.83. The van der Waals surface area contributed by atoms with E-state index in [-0.39, 0.29) is 13.2 Å². The maximum Gasteiger partial charge on any atom is 0.171 e. The minimum Gasteiger partial charge on any atom is -0.390 e. The van der Waals surface area contributed by atoms with Crippen molar-refractivity contribution in [3.63, 3.8) is 0 Å². The van der Waals surface area contributed by atoms with E-state index in [4.69, 9.17) is 10.2 Å². The summed E-state index contributed by atoms with van der Waals surface area (Å²) in [6, 6.07) is 8.12. The van der Waals surface area contributed by atoms with Crippen molar-refractivity contribution in [2.24, 2.45) is 0 Å². The van der Waals surface area contributed by atoms with E-state index in [1.807, 2.05) is 58.2 Å². The van der Waals surface area contributed by atoms with Crippen LogP contribution in [0.3, 0.4) is 0 Å². The van der Waals surface area contributed by atoms with Crippen LogP contribution in [0.2, 0.25) is 0 Å².